The number of nitrogens with two attached hydrogens (primary N) is 1. The van der Waals surface area contributed by atoms with Gasteiger partial charge in [0.15, 0.2) is 30.3 Å². The number of nitrogen functional groups attached to an aromatic ring is 1. The molecular weight excluding hydrogens is 537 g/mol. The molecule has 33 heavy (non-hydrogen) atoms. The van der Waals surface area contributed by atoms with Crippen molar-refractivity contribution in [2.75, 3.05) is 12.1 Å². The van der Waals surface area contributed by atoms with E-state index in [1.165, 1.54) is 0 Å². The number of imidazole rings is 1. The van der Waals surface area contributed by atoms with Gasteiger partial charge in [-0.1, -0.05) is 0 Å². The summed E-state index contributed by atoms with van der Waals surface area (Å²) < 4.78 is 51.8. The van der Waals surface area contributed by atoms with Crippen LogP contribution in [0, 0.1) is 0 Å². The third-order valence-electron chi connectivity index (χ3n) is 3.71. The number of ether oxygens (including phenoxy) is 1. The maximum atomic E-state index is 12.0. The molecule has 0 bridgehead atoms. The zero-order valence-electron chi connectivity index (χ0n) is 16.8. The summed E-state index contributed by atoms with van der Waals surface area (Å²) in [4.78, 5) is 51.3. The van der Waals surface area contributed by atoms with Crippen LogP contribution in [0.1, 0.15) is 6.23 Å². The SMILES string of the molecule is Nc1ncnc2c1ncn2C1OC(OP(=O)(O)COP(=O)([O-])OP(=O)([O-])O)C(O)C1O.[Na+].[Na+]. The van der Waals surface area contributed by atoms with E-state index in [9.17, 15) is 38.6 Å². The monoisotopic (exact) mass is 551 g/mol. The van der Waals surface area contributed by atoms with Crippen LogP contribution >= 0.6 is 23.2 Å². The summed E-state index contributed by atoms with van der Waals surface area (Å²) in [6, 6.07) is 0. The van der Waals surface area contributed by atoms with Crippen molar-refractivity contribution in [2.45, 2.75) is 24.7 Å². The topological polar surface area (TPSA) is 285 Å². The van der Waals surface area contributed by atoms with Gasteiger partial charge in [0.25, 0.3) is 15.6 Å². The molecule has 2 aromatic heterocycles. The molecule has 0 amide bonds. The molecule has 1 fully saturated rings. The van der Waals surface area contributed by atoms with E-state index in [0.29, 0.717) is 0 Å². The molecule has 3 rings (SSSR count). The van der Waals surface area contributed by atoms with Gasteiger partial charge in [0, 0.05) is 0 Å². The van der Waals surface area contributed by atoms with Crippen molar-refractivity contribution >= 4 is 40.2 Å². The Morgan fingerprint density at radius 1 is 1.12 bits per heavy atom. The van der Waals surface area contributed by atoms with Crippen molar-refractivity contribution in [2.24, 2.45) is 0 Å². The first-order valence-electron chi connectivity index (χ1n) is 7.85. The minimum atomic E-state index is -5.76. The number of aliphatic hydroxyl groups excluding tert-OH is 2. The second-order valence-electron chi connectivity index (χ2n) is 5.96. The molecule has 0 aromatic carbocycles. The molecule has 23 heteroatoms. The summed E-state index contributed by atoms with van der Waals surface area (Å²) in [5, 5.41) is 20.3. The van der Waals surface area contributed by atoms with E-state index < -0.39 is 54.3 Å². The molecule has 18 nitrogen and oxygen atoms in total. The van der Waals surface area contributed by atoms with E-state index >= 15 is 0 Å². The summed E-state index contributed by atoms with van der Waals surface area (Å²) in [6.07, 6.45) is -6.45. The van der Waals surface area contributed by atoms with Gasteiger partial charge in [-0.2, -0.15) is 0 Å². The molecule has 0 spiro atoms. The van der Waals surface area contributed by atoms with Gasteiger partial charge < -0.3 is 44.8 Å². The molecule has 7 atom stereocenters. The van der Waals surface area contributed by atoms with Crippen molar-refractivity contribution in [3.63, 3.8) is 0 Å². The molecule has 1 aliphatic rings. The van der Waals surface area contributed by atoms with Crippen LogP contribution in [0.3, 0.4) is 0 Å². The second kappa shape index (κ2) is 11.8. The first-order valence-corrected chi connectivity index (χ1v) is 12.6. The Morgan fingerprint density at radius 2 is 1.76 bits per heavy atom. The smallest absolute Gasteiger partial charge is 0.756 e. The van der Waals surface area contributed by atoms with Crippen molar-refractivity contribution < 1.29 is 121 Å². The largest absolute Gasteiger partial charge is 1.00 e. The minimum absolute atomic E-state index is 0. The van der Waals surface area contributed by atoms with E-state index in [-0.39, 0.29) is 76.1 Å². The van der Waals surface area contributed by atoms with Crippen molar-refractivity contribution in [1.29, 1.82) is 0 Å². The Kier molecular flexibility index (Phi) is 11.3. The third kappa shape index (κ3) is 8.06. The average molecular weight is 551 g/mol. The molecular formula is C10H14N5Na2O13P3. The van der Waals surface area contributed by atoms with Crippen molar-refractivity contribution in [3.8, 4) is 0 Å². The first kappa shape index (κ1) is 31.7. The Morgan fingerprint density at radius 3 is 2.36 bits per heavy atom. The van der Waals surface area contributed by atoms with Crippen LogP contribution in [0.4, 0.5) is 5.82 Å². The van der Waals surface area contributed by atoms with Crippen molar-refractivity contribution in [3.05, 3.63) is 12.7 Å². The molecule has 3 heterocycles. The molecule has 174 valence electrons. The Bertz CT molecular complexity index is 1120. The number of aliphatic hydroxyl groups is 2. The normalized spacial score (nSPS) is 28.2. The molecule has 7 unspecified atom stereocenters. The quantitative estimate of drug-likeness (QED) is 0.150. The van der Waals surface area contributed by atoms with Gasteiger partial charge in [-0.3, -0.25) is 22.8 Å². The predicted octanol–water partition coefficient (Wildman–Crippen LogP) is -8.89. The maximum absolute atomic E-state index is 12.0. The maximum Gasteiger partial charge on any atom is 1.00 e. The number of phosphoric acid groups is 2. The number of rotatable bonds is 8. The van der Waals surface area contributed by atoms with E-state index in [4.69, 9.17) is 15.4 Å². The summed E-state index contributed by atoms with van der Waals surface area (Å²) >= 11 is 0. The van der Waals surface area contributed by atoms with Gasteiger partial charge in [-0.05, 0) is 0 Å². The Balaban J connectivity index is 0.00000272. The molecule has 2 aromatic rings. The van der Waals surface area contributed by atoms with Gasteiger partial charge in [0.2, 0.25) is 0 Å². The van der Waals surface area contributed by atoms with E-state index in [0.717, 1.165) is 17.2 Å². The third-order valence-corrected chi connectivity index (χ3v) is 6.97. The number of anilines is 1. The van der Waals surface area contributed by atoms with Crippen LogP contribution in [0.5, 0.6) is 0 Å². The van der Waals surface area contributed by atoms with Crippen LogP contribution in [0.15, 0.2) is 12.7 Å². The van der Waals surface area contributed by atoms with Gasteiger partial charge in [-0.25, -0.2) is 19.3 Å². The molecule has 0 radical (unpaired) electrons. The average Bonchev–Trinajstić information content (AvgIpc) is 3.16. The van der Waals surface area contributed by atoms with Gasteiger partial charge in [0.1, 0.15) is 24.1 Å². The predicted molar refractivity (Wildman–Crippen MR) is 91.0 cm³/mol. The molecule has 0 saturated carbocycles. The standard InChI is InChI=1S/C10H16N5O13P3.2Na/c11-7-4-8(13-1-12-7)15(2-14-4)9-5(16)6(17)10(26-9)27-29(18,19)3-25-31(23,24)28-30(20,21)22;;/h1-2,5-6,9-10,16-17H,3H2,(H,18,19)(H,23,24)(H2,11,12,13)(H2,20,21,22);;/q;2*+1/p-2. The summed E-state index contributed by atoms with van der Waals surface area (Å²) in [5.74, 6) is 0.0105. The zero-order valence-corrected chi connectivity index (χ0v) is 23.5. The fourth-order valence-electron chi connectivity index (χ4n) is 2.49. The first-order chi connectivity index (χ1) is 14.2. The fraction of sp³-hybridized carbons (Fsp3) is 0.500. The summed E-state index contributed by atoms with van der Waals surface area (Å²) in [6.45, 7) is 0. The van der Waals surface area contributed by atoms with Crippen molar-refractivity contribution in [1.82, 2.24) is 19.5 Å². The number of phosphoric ester groups is 1. The van der Waals surface area contributed by atoms with Gasteiger partial charge in [0.05, 0.1) is 6.33 Å². The van der Waals surface area contributed by atoms with Gasteiger partial charge in [-0.15, -0.1) is 0 Å². The van der Waals surface area contributed by atoms with Crippen LogP contribution in [-0.4, -0.2) is 64.4 Å². The Labute approximate surface area is 228 Å². The molecule has 1 aliphatic heterocycles. The number of hydrogen-bond acceptors (Lipinski definition) is 15. The number of aromatic nitrogens is 4. The molecule has 0 aliphatic carbocycles. The number of fused-ring (bicyclic) bond motifs is 1. The van der Waals surface area contributed by atoms with E-state index in [2.05, 4.69) is 28.3 Å². The van der Waals surface area contributed by atoms with Crippen LogP contribution in [0.2, 0.25) is 0 Å². The summed E-state index contributed by atoms with van der Waals surface area (Å²) in [7, 11) is -16.6. The zero-order chi connectivity index (χ0) is 23.2. The second-order valence-corrected chi connectivity index (χ2v) is 10.4. The number of hydrogen-bond donors (Lipinski definition) is 5. The van der Waals surface area contributed by atoms with Gasteiger partial charge >= 0.3 is 66.7 Å². The van der Waals surface area contributed by atoms with Crippen LogP contribution in [0.25, 0.3) is 11.2 Å². The van der Waals surface area contributed by atoms with E-state index in [1.54, 1.807) is 0 Å². The number of nitrogens with zero attached hydrogens (tertiary/aromatic N) is 4. The van der Waals surface area contributed by atoms with E-state index in [1.807, 2.05) is 0 Å². The van der Waals surface area contributed by atoms with Crippen LogP contribution < -0.4 is 74.6 Å². The fourth-order valence-corrected chi connectivity index (χ4v) is 5.40. The summed E-state index contributed by atoms with van der Waals surface area (Å²) in [5.41, 5.74) is 5.88. The molecule has 6 N–H and O–H groups in total. The Hall–Kier alpha value is 0.640. The molecule has 1 saturated heterocycles. The van der Waals surface area contributed by atoms with Crippen LogP contribution in [-0.2, 0) is 31.8 Å². The minimum Gasteiger partial charge on any atom is -0.756 e.